The number of anilines is 2. The van der Waals surface area contributed by atoms with E-state index in [-0.39, 0.29) is 17.6 Å². The van der Waals surface area contributed by atoms with Crippen LogP contribution in [0.25, 0.3) is 5.69 Å². The number of hydrogen-bond acceptors (Lipinski definition) is 5. The largest absolute Gasteiger partial charge is 0.368 e. The molecular formula is C16H13Cl2N5OS. The number of hydrogen-bond donors (Lipinski definition) is 2. The third-order valence-corrected chi connectivity index (χ3v) is 4.98. The minimum atomic E-state index is -0.240. The molecule has 3 N–H and O–H groups in total. The average Bonchev–Trinajstić information content (AvgIpc) is 2.98. The number of halogens is 2. The van der Waals surface area contributed by atoms with Gasteiger partial charge in [0.1, 0.15) is 0 Å². The van der Waals surface area contributed by atoms with Gasteiger partial charge in [-0.15, -0.1) is 10.2 Å². The van der Waals surface area contributed by atoms with E-state index >= 15 is 0 Å². The number of rotatable bonds is 5. The topological polar surface area (TPSA) is 85.8 Å². The van der Waals surface area contributed by atoms with Crippen molar-refractivity contribution in [3.05, 3.63) is 58.6 Å². The molecule has 0 saturated heterocycles. The summed E-state index contributed by atoms with van der Waals surface area (Å²) in [5.74, 6) is 0.135. The van der Waals surface area contributed by atoms with Gasteiger partial charge in [-0.2, -0.15) is 0 Å². The van der Waals surface area contributed by atoms with E-state index in [2.05, 4.69) is 15.5 Å². The number of nitrogens with one attached hydrogen (secondary N) is 1. The van der Waals surface area contributed by atoms with E-state index in [1.54, 1.807) is 22.8 Å². The van der Waals surface area contributed by atoms with E-state index in [9.17, 15) is 4.79 Å². The molecule has 0 radical (unpaired) electrons. The third kappa shape index (κ3) is 4.07. The van der Waals surface area contributed by atoms with Crippen LogP contribution in [0.3, 0.4) is 0 Å². The van der Waals surface area contributed by atoms with Gasteiger partial charge in [0, 0.05) is 0 Å². The van der Waals surface area contributed by atoms with Crippen molar-refractivity contribution in [2.75, 3.05) is 16.8 Å². The Kier molecular flexibility index (Phi) is 5.47. The van der Waals surface area contributed by atoms with E-state index in [1.165, 1.54) is 11.8 Å². The Morgan fingerprint density at radius 2 is 1.88 bits per heavy atom. The Morgan fingerprint density at radius 3 is 2.64 bits per heavy atom. The third-order valence-electron chi connectivity index (χ3n) is 3.23. The minimum Gasteiger partial charge on any atom is -0.368 e. The minimum absolute atomic E-state index is 0.119. The molecular weight excluding hydrogens is 381 g/mol. The Balaban J connectivity index is 1.70. The summed E-state index contributed by atoms with van der Waals surface area (Å²) in [4.78, 5) is 12.2. The van der Waals surface area contributed by atoms with Crippen molar-refractivity contribution in [1.29, 1.82) is 0 Å². The van der Waals surface area contributed by atoms with Gasteiger partial charge in [0.25, 0.3) is 0 Å². The van der Waals surface area contributed by atoms with Crippen molar-refractivity contribution >= 4 is 52.5 Å². The number of para-hydroxylation sites is 1. The second-order valence-corrected chi connectivity index (χ2v) is 6.68. The van der Waals surface area contributed by atoms with Crippen LogP contribution in [0.2, 0.25) is 10.0 Å². The first-order valence-electron chi connectivity index (χ1n) is 7.19. The first-order chi connectivity index (χ1) is 12.1. The number of nitrogen functional groups attached to an aromatic ring is 1. The number of amides is 1. The molecule has 25 heavy (non-hydrogen) atoms. The Labute approximate surface area is 158 Å². The van der Waals surface area contributed by atoms with Crippen molar-refractivity contribution in [1.82, 2.24) is 14.8 Å². The summed E-state index contributed by atoms with van der Waals surface area (Å²) in [6.45, 7) is 0. The zero-order chi connectivity index (χ0) is 17.8. The molecule has 9 heteroatoms. The fraction of sp³-hybridized carbons (Fsp3) is 0.0625. The second kappa shape index (κ2) is 7.77. The fourth-order valence-electron chi connectivity index (χ4n) is 2.11. The van der Waals surface area contributed by atoms with Crippen LogP contribution in [-0.4, -0.2) is 26.4 Å². The predicted molar refractivity (Wildman–Crippen MR) is 102 cm³/mol. The van der Waals surface area contributed by atoms with Crippen molar-refractivity contribution in [3.63, 3.8) is 0 Å². The van der Waals surface area contributed by atoms with Gasteiger partial charge in [-0.1, -0.05) is 59.2 Å². The van der Waals surface area contributed by atoms with E-state index in [4.69, 9.17) is 28.9 Å². The van der Waals surface area contributed by atoms with Gasteiger partial charge in [0.05, 0.1) is 27.2 Å². The molecule has 2 aromatic carbocycles. The average molecular weight is 394 g/mol. The summed E-state index contributed by atoms with van der Waals surface area (Å²) in [6, 6.07) is 14.5. The molecule has 3 rings (SSSR count). The fourth-order valence-corrected chi connectivity index (χ4v) is 3.22. The number of thioether (sulfide) groups is 1. The molecule has 1 aromatic heterocycles. The lowest BCUT2D eigenvalue weighted by atomic mass is 10.3. The number of aromatic nitrogens is 3. The number of carbonyl (C=O) groups is 1. The van der Waals surface area contributed by atoms with E-state index in [0.717, 1.165) is 5.69 Å². The van der Waals surface area contributed by atoms with Gasteiger partial charge in [-0.05, 0) is 24.3 Å². The molecule has 0 atom stereocenters. The standard InChI is InChI=1S/C16H13Cl2N5OS/c17-11-7-4-8-12(14(11)18)20-13(24)9-25-16-22-21-15(19)23(16)10-5-2-1-3-6-10/h1-8H,9H2,(H2,19,21)(H,20,24). The van der Waals surface area contributed by atoms with Crippen LogP contribution in [0.1, 0.15) is 0 Å². The Hall–Kier alpha value is -2.22. The first-order valence-corrected chi connectivity index (χ1v) is 8.93. The van der Waals surface area contributed by atoms with Crippen LogP contribution in [-0.2, 0) is 4.79 Å². The van der Waals surface area contributed by atoms with Crippen molar-refractivity contribution < 1.29 is 4.79 Å². The van der Waals surface area contributed by atoms with Crippen molar-refractivity contribution in [2.45, 2.75) is 5.16 Å². The highest BCUT2D eigenvalue weighted by Gasteiger charge is 2.14. The second-order valence-electron chi connectivity index (χ2n) is 4.95. The van der Waals surface area contributed by atoms with E-state index < -0.39 is 0 Å². The van der Waals surface area contributed by atoms with Crippen LogP contribution in [0.15, 0.2) is 53.7 Å². The van der Waals surface area contributed by atoms with Gasteiger partial charge in [0.15, 0.2) is 5.16 Å². The van der Waals surface area contributed by atoms with Gasteiger partial charge < -0.3 is 11.1 Å². The SMILES string of the molecule is Nc1nnc(SCC(=O)Nc2cccc(Cl)c2Cl)n1-c1ccccc1. The summed E-state index contributed by atoms with van der Waals surface area (Å²) >= 11 is 13.2. The number of benzene rings is 2. The normalized spacial score (nSPS) is 10.6. The molecule has 0 unspecified atom stereocenters. The quantitative estimate of drug-likeness (QED) is 0.642. The van der Waals surface area contributed by atoms with Gasteiger partial charge in [0.2, 0.25) is 11.9 Å². The van der Waals surface area contributed by atoms with Crippen molar-refractivity contribution in [2.24, 2.45) is 0 Å². The molecule has 128 valence electrons. The molecule has 0 aliphatic rings. The molecule has 0 spiro atoms. The van der Waals surface area contributed by atoms with Gasteiger partial charge in [-0.3, -0.25) is 9.36 Å². The summed E-state index contributed by atoms with van der Waals surface area (Å²) in [7, 11) is 0. The molecule has 0 aliphatic heterocycles. The van der Waals surface area contributed by atoms with Crippen LogP contribution < -0.4 is 11.1 Å². The summed E-state index contributed by atoms with van der Waals surface area (Å²) < 4.78 is 1.68. The smallest absolute Gasteiger partial charge is 0.234 e. The zero-order valence-corrected chi connectivity index (χ0v) is 15.1. The van der Waals surface area contributed by atoms with Crippen LogP contribution >= 0.6 is 35.0 Å². The number of carbonyl (C=O) groups excluding carboxylic acids is 1. The molecule has 1 amide bonds. The van der Waals surface area contributed by atoms with Crippen LogP contribution in [0.5, 0.6) is 0 Å². The maximum atomic E-state index is 12.2. The summed E-state index contributed by atoms with van der Waals surface area (Å²) in [5.41, 5.74) is 7.17. The maximum Gasteiger partial charge on any atom is 0.234 e. The number of nitrogens with zero attached hydrogens (tertiary/aromatic N) is 3. The van der Waals surface area contributed by atoms with Gasteiger partial charge in [-0.25, -0.2) is 0 Å². The molecule has 3 aromatic rings. The zero-order valence-electron chi connectivity index (χ0n) is 12.8. The van der Waals surface area contributed by atoms with Crippen LogP contribution in [0.4, 0.5) is 11.6 Å². The lowest BCUT2D eigenvalue weighted by molar-refractivity contribution is -0.113. The van der Waals surface area contributed by atoms with Gasteiger partial charge >= 0.3 is 0 Å². The molecule has 6 nitrogen and oxygen atoms in total. The predicted octanol–water partition coefficient (Wildman–Crippen LogP) is 3.89. The highest BCUT2D eigenvalue weighted by molar-refractivity contribution is 7.99. The summed E-state index contributed by atoms with van der Waals surface area (Å²) in [6.07, 6.45) is 0. The highest BCUT2D eigenvalue weighted by Crippen LogP contribution is 2.30. The van der Waals surface area contributed by atoms with Crippen molar-refractivity contribution in [3.8, 4) is 5.69 Å². The molecule has 1 heterocycles. The van der Waals surface area contributed by atoms with E-state index in [0.29, 0.717) is 20.9 Å². The Bertz CT molecular complexity index is 901. The maximum absolute atomic E-state index is 12.2. The van der Waals surface area contributed by atoms with Crippen LogP contribution in [0, 0.1) is 0 Å². The number of nitrogens with two attached hydrogens (primary N) is 1. The molecule has 0 saturated carbocycles. The Morgan fingerprint density at radius 1 is 1.12 bits per heavy atom. The molecule has 0 fully saturated rings. The summed E-state index contributed by atoms with van der Waals surface area (Å²) in [5, 5.41) is 11.8. The highest BCUT2D eigenvalue weighted by atomic mass is 35.5. The lowest BCUT2D eigenvalue weighted by Gasteiger charge is -2.09. The molecule has 0 bridgehead atoms. The molecule has 0 aliphatic carbocycles. The first kappa shape index (κ1) is 17.6. The monoisotopic (exact) mass is 393 g/mol. The van der Waals surface area contributed by atoms with E-state index in [1.807, 2.05) is 30.3 Å². The lowest BCUT2D eigenvalue weighted by Crippen LogP contribution is -2.15.